The first-order valence-corrected chi connectivity index (χ1v) is 10.1. The van der Waals surface area contributed by atoms with Gasteiger partial charge in [-0.05, 0) is 20.2 Å². The second-order valence-electron chi connectivity index (χ2n) is 7.11. The van der Waals surface area contributed by atoms with Gasteiger partial charge in [0.05, 0.1) is 24.9 Å². The number of rotatable bonds is 4. The molecular formula is C19H21N7OS. The zero-order chi connectivity index (χ0) is 19.1. The number of hydrogen-bond acceptors (Lipinski definition) is 8. The van der Waals surface area contributed by atoms with Crippen LogP contribution in [0, 0.1) is 0 Å². The second-order valence-corrected chi connectivity index (χ2v) is 8.19. The summed E-state index contributed by atoms with van der Waals surface area (Å²) in [4.78, 5) is 19.0. The van der Waals surface area contributed by atoms with Gasteiger partial charge in [-0.3, -0.25) is 5.10 Å². The number of ether oxygens (including phenoxy) is 1. The van der Waals surface area contributed by atoms with Crippen LogP contribution in [0.15, 0.2) is 24.4 Å². The van der Waals surface area contributed by atoms with Gasteiger partial charge in [-0.1, -0.05) is 12.1 Å². The summed E-state index contributed by atoms with van der Waals surface area (Å²) in [6, 6.07) is 6.04. The van der Waals surface area contributed by atoms with Gasteiger partial charge in [-0.2, -0.15) is 5.10 Å². The number of nitrogens with one attached hydrogen (secondary N) is 1. The molecule has 1 aromatic carbocycles. The van der Waals surface area contributed by atoms with E-state index in [4.69, 9.17) is 19.7 Å². The molecular weight excluding hydrogens is 374 g/mol. The number of thiazole rings is 1. The van der Waals surface area contributed by atoms with Crippen LogP contribution in [0.25, 0.3) is 32.6 Å². The highest BCUT2D eigenvalue weighted by Crippen LogP contribution is 2.34. The average Bonchev–Trinajstić information content (AvgIpc) is 3.33. The molecule has 28 heavy (non-hydrogen) atoms. The van der Waals surface area contributed by atoms with Crippen molar-refractivity contribution in [2.45, 2.75) is 6.54 Å². The molecule has 1 aliphatic heterocycles. The van der Waals surface area contributed by atoms with Crippen LogP contribution in [-0.4, -0.2) is 70.4 Å². The highest BCUT2D eigenvalue weighted by atomic mass is 32.1. The molecule has 0 radical (unpaired) electrons. The van der Waals surface area contributed by atoms with Crippen molar-refractivity contribution in [3.63, 3.8) is 0 Å². The van der Waals surface area contributed by atoms with Gasteiger partial charge >= 0.3 is 0 Å². The second kappa shape index (κ2) is 7.08. The Morgan fingerprint density at radius 1 is 1.18 bits per heavy atom. The highest BCUT2D eigenvalue weighted by Gasteiger charge is 2.22. The van der Waals surface area contributed by atoms with E-state index < -0.39 is 0 Å². The first-order valence-electron chi connectivity index (χ1n) is 9.26. The van der Waals surface area contributed by atoms with Crippen molar-refractivity contribution >= 4 is 38.4 Å². The predicted octanol–water partition coefficient (Wildman–Crippen LogP) is 2.53. The Balaban J connectivity index is 1.70. The van der Waals surface area contributed by atoms with E-state index in [1.54, 1.807) is 11.3 Å². The summed E-state index contributed by atoms with van der Waals surface area (Å²) in [5.41, 5.74) is 2.69. The van der Waals surface area contributed by atoms with E-state index in [-0.39, 0.29) is 0 Å². The molecule has 0 aliphatic carbocycles. The zero-order valence-corrected chi connectivity index (χ0v) is 16.7. The summed E-state index contributed by atoms with van der Waals surface area (Å²) in [6.45, 7) is 3.85. The first-order chi connectivity index (χ1) is 13.7. The molecule has 1 aliphatic rings. The average molecular weight is 395 g/mol. The topological polar surface area (TPSA) is 83.1 Å². The Morgan fingerprint density at radius 3 is 2.86 bits per heavy atom. The van der Waals surface area contributed by atoms with Crippen LogP contribution in [-0.2, 0) is 11.3 Å². The van der Waals surface area contributed by atoms with E-state index >= 15 is 0 Å². The third-order valence-electron chi connectivity index (χ3n) is 4.77. The molecule has 5 rings (SSSR count). The van der Waals surface area contributed by atoms with Crippen LogP contribution >= 0.6 is 11.3 Å². The minimum Gasteiger partial charge on any atom is -0.378 e. The molecule has 0 amide bonds. The first kappa shape index (κ1) is 17.5. The standard InChI is InChI=1S/C19H21N7OS/c1-25(2)11-15-21-18-16(28-15)19(26-6-8-27-9-7-26)23-17(22-18)12-4-3-5-14-13(12)10-20-24-14/h3-5,10H,6-9,11H2,1-2H3,(H,20,24). The summed E-state index contributed by atoms with van der Waals surface area (Å²) < 4.78 is 6.58. The van der Waals surface area contributed by atoms with Crippen LogP contribution in [0.5, 0.6) is 0 Å². The van der Waals surface area contributed by atoms with E-state index in [2.05, 4.69) is 20.0 Å². The minimum atomic E-state index is 0.683. The van der Waals surface area contributed by atoms with Crippen molar-refractivity contribution in [1.82, 2.24) is 30.0 Å². The van der Waals surface area contributed by atoms with Gasteiger partial charge in [0.2, 0.25) is 0 Å². The molecule has 0 atom stereocenters. The third kappa shape index (κ3) is 3.11. The Hall–Kier alpha value is -2.62. The van der Waals surface area contributed by atoms with Crippen molar-refractivity contribution in [1.29, 1.82) is 0 Å². The normalized spacial score (nSPS) is 15.2. The summed E-state index contributed by atoms with van der Waals surface area (Å²) in [7, 11) is 4.09. The maximum atomic E-state index is 5.54. The van der Waals surface area contributed by atoms with Gasteiger partial charge in [0.1, 0.15) is 9.71 Å². The number of nitrogens with zero attached hydrogens (tertiary/aromatic N) is 6. The molecule has 144 valence electrons. The molecule has 1 saturated heterocycles. The lowest BCUT2D eigenvalue weighted by Gasteiger charge is -2.28. The Morgan fingerprint density at radius 2 is 2.04 bits per heavy atom. The Labute approximate surface area is 166 Å². The maximum Gasteiger partial charge on any atom is 0.176 e. The molecule has 1 N–H and O–H groups in total. The molecule has 4 aromatic rings. The number of aromatic amines is 1. The fraction of sp³-hybridized carbons (Fsp3) is 0.368. The largest absolute Gasteiger partial charge is 0.378 e. The number of fused-ring (bicyclic) bond motifs is 2. The van der Waals surface area contributed by atoms with E-state index in [0.717, 1.165) is 57.3 Å². The lowest BCUT2D eigenvalue weighted by atomic mass is 10.1. The van der Waals surface area contributed by atoms with Crippen LogP contribution < -0.4 is 4.90 Å². The summed E-state index contributed by atoms with van der Waals surface area (Å²) >= 11 is 1.68. The number of morpholine rings is 1. The van der Waals surface area contributed by atoms with Crippen LogP contribution in [0.3, 0.4) is 0 Å². The van der Waals surface area contributed by atoms with Gasteiger partial charge in [0.15, 0.2) is 17.3 Å². The van der Waals surface area contributed by atoms with E-state index in [1.807, 2.05) is 38.5 Å². The van der Waals surface area contributed by atoms with Gasteiger partial charge < -0.3 is 14.5 Å². The molecule has 9 heteroatoms. The molecule has 4 heterocycles. The van der Waals surface area contributed by atoms with E-state index in [0.29, 0.717) is 19.0 Å². The van der Waals surface area contributed by atoms with E-state index in [1.165, 1.54) is 0 Å². The van der Waals surface area contributed by atoms with Gasteiger partial charge in [0, 0.05) is 30.6 Å². The van der Waals surface area contributed by atoms with Crippen molar-refractivity contribution in [2.24, 2.45) is 0 Å². The molecule has 0 unspecified atom stereocenters. The highest BCUT2D eigenvalue weighted by molar-refractivity contribution is 7.19. The molecule has 0 bridgehead atoms. The van der Waals surface area contributed by atoms with Crippen molar-refractivity contribution < 1.29 is 4.74 Å². The van der Waals surface area contributed by atoms with Gasteiger partial charge in [-0.15, -0.1) is 11.3 Å². The number of anilines is 1. The lowest BCUT2D eigenvalue weighted by Crippen LogP contribution is -2.36. The smallest absolute Gasteiger partial charge is 0.176 e. The molecule has 8 nitrogen and oxygen atoms in total. The Bertz CT molecular complexity index is 1130. The van der Waals surface area contributed by atoms with Crippen LogP contribution in [0.4, 0.5) is 5.82 Å². The number of benzene rings is 1. The van der Waals surface area contributed by atoms with Crippen molar-refractivity contribution in [3.05, 3.63) is 29.4 Å². The van der Waals surface area contributed by atoms with Crippen LogP contribution in [0.2, 0.25) is 0 Å². The summed E-state index contributed by atoms with van der Waals surface area (Å²) in [5.74, 6) is 1.63. The minimum absolute atomic E-state index is 0.683. The fourth-order valence-corrected chi connectivity index (χ4v) is 4.60. The zero-order valence-electron chi connectivity index (χ0n) is 15.8. The van der Waals surface area contributed by atoms with Crippen molar-refractivity contribution in [2.75, 3.05) is 45.3 Å². The summed E-state index contributed by atoms with van der Waals surface area (Å²) in [6.07, 6.45) is 1.82. The van der Waals surface area contributed by atoms with Crippen LogP contribution in [0.1, 0.15) is 5.01 Å². The summed E-state index contributed by atoms with van der Waals surface area (Å²) in [5, 5.41) is 9.25. The third-order valence-corrected chi connectivity index (χ3v) is 5.79. The van der Waals surface area contributed by atoms with E-state index in [9.17, 15) is 0 Å². The lowest BCUT2D eigenvalue weighted by molar-refractivity contribution is 0.122. The monoisotopic (exact) mass is 395 g/mol. The van der Waals surface area contributed by atoms with Gasteiger partial charge in [0.25, 0.3) is 0 Å². The number of H-pyrrole nitrogens is 1. The maximum absolute atomic E-state index is 5.54. The van der Waals surface area contributed by atoms with Gasteiger partial charge in [-0.25, -0.2) is 15.0 Å². The molecule has 0 spiro atoms. The molecule has 0 saturated carbocycles. The number of aromatic nitrogens is 5. The van der Waals surface area contributed by atoms with Crippen molar-refractivity contribution in [3.8, 4) is 11.4 Å². The fourth-order valence-electron chi connectivity index (χ4n) is 3.46. The molecule has 3 aromatic heterocycles. The quantitative estimate of drug-likeness (QED) is 0.568. The SMILES string of the molecule is CN(C)Cc1nc2nc(-c3cccc4[nH]ncc34)nc(N3CCOCC3)c2s1. The predicted molar refractivity (Wildman–Crippen MR) is 111 cm³/mol. The number of hydrogen-bond donors (Lipinski definition) is 1. The molecule has 1 fully saturated rings. The Kier molecular flexibility index (Phi) is 4.42.